The molecule has 0 spiro atoms. The number of hydrogen-bond acceptors (Lipinski definition) is 3. The fourth-order valence-electron chi connectivity index (χ4n) is 2.68. The second-order valence-corrected chi connectivity index (χ2v) is 5.95. The molecule has 1 aromatic heterocycles. The molecule has 0 unspecified atom stereocenters. The van der Waals surface area contributed by atoms with Crippen molar-refractivity contribution >= 4 is 11.6 Å². The number of hydrogen-bond donors (Lipinski definition) is 1. The molecule has 4 rings (SSSR count). The quantitative estimate of drug-likeness (QED) is 0.572. The lowest BCUT2D eigenvalue weighted by molar-refractivity contribution is 0.101. The molecule has 0 saturated heterocycles. The SMILES string of the molecule is O=C(Nc1ccccc1F)c1nc(-c2ccc(F)cc2)n(-c2ccccc2)n1. The smallest absolute Gasteiger partial charge is 0.295 e. The number of aromatic nitrogens is 3. The minimum Gasteiger partial charge on any atom is -0.317 e. The lowest BCUT2D eigenvalue weighted by Crippen LogP contribution is -2.15. The highest BCUT2D eigenvalue weighted by Gasteiger charge is 2.19. The Morgan fingerprint density at radius 1 is 0.857 bits per heavy atom. The van der Waals surface area contributed by atoms with Crippen LogP contribution in [0.2, 0.25) is 0 Å². The number of carbonyl (C=O) groups is 1. The fourth-order valence-corrected chi connectivity index (χ4v) is 2.68. The van der Waals surface area contributed by atoms with Crippen LogP contribution in [0, 0.1) is 11.6 Å². The summed E-state index contributed by atoms with van der Waals surface area (Å²) in [5.41, 5.74) is 1.30. The summed E-state index contributed by atoms with van der Waals surface area (Å²) in [4.78, 5) is 16.9. The van der Waals surface area contributed by atoms with Gasteiger partial charge in [0.05, 0.1) is 11.4 Å². The zero-order chi connectivity index (χ0) is 19.5. The van der Waals surface area contributed by atoms with Crippen LogP contribution in [0.15, 0.2) is 78.9 Å². The lowest BCUT2D eigenvalue weighted by atomic mass is 10.2. The van der Waals surface area contributed by atoms with Crippen LogP contribution in [-0.2, 0) is 0 Å². The minimum atomic E-state index is -0.650. The average molecular weight is 376 g/mol. The van der Waals surface area contributed by atoms with Gasteiger partial charge in [-0.05, 0) is 48.5 Å². The van der Waals surface area contributed by atoms with Gasteiger partial charge >= 0.3 is 0 Å². The maximum atomic E-state index is 13.8. The molecule has 0 radical (unpaired) electrons. The monoisotopic (exact) mass is 376 g/mol. The molecule has 5 nitrogen and oxygen atoms in total. The number of benzene rings is 3. The summed E-state index contributed by atoms with van der Waals surface area (Å²) in [5.74, 6) is -1.36. The van der Waals surface area contributed by atoms with E-state index >= 15 is 0 Å². The first-order chi connectivity index (χ1) is 13.6. The van der Waals surface area contributed by atoms with Crippen molar-refractivity contribution in [2.75, 3.05) is 5.32 Å². The zero-order valence-corrected chi connectivity index (χ0v) is 14.5. The van der Waals surface area contributed by atoms with E-state index in [2.05, 4.69) is 15.4 Å². The summed E-state index contributed by atoms with van der Waals surface area (Å²) in [7, 11) is 0. The molecular formula is C21H14F2N4O. The molecule has 1 heterocycles. The van der Waals surface area contributed by atoms with Gasteiger partial charge in [0.1, 0.15) is 11.6 Å². The van der Waals surface area contributed by atoms with Crippen LogP contribution in [-0.4, -0.2) is 20.7 Å². The molecule has 3 aromatic carbocycles. The first kappa shape index (κ1) is 17.5. The summed E-state index contributed by atoms with van der Waals surface area (Å²) in [6.07, 6.45) is 0. The summed E-state index contributed by atoms with van der Waals surface area (Å²) in [6, 6.07) is 20.7. The van der Waals surface area contributed by atoms with Gasteiger partial charge < -0.3 is 5.32 Å². The summed E-state index contributed by atoms with van der Waals surface area (Å²) in [6.45, 7) is 0. The van der Waals surface area contributed by atoms with Gasteiger partial charge in [0.25, 0.3) is 5.91 Å². The van der Waals surface area contributed by atoms with Gasteiger partial charge in [0, 0.05) is 5.56 Å². The van der Waals surface area contributed by atoms with Crippen LogP contribution in [0.25, 0.3) is 17.1 Å². The highest BCUT2D eigenvalue weighted by atomic mass is 19.1. The minimum absolute atomic E-state index is 0.0342. The second-order valence-electron chi connectivity index (χ2n) is 5.95. The maximum absolute atomic E-state index is 13.8. The second kappa shape index (κ2) is 7.40. The molecule has 4 aromatic rings. The Bertz CT molecular complexity index is 1120. The number of halogens is 2. The first-order valence-corrected chi connectivity index (χ1v) is 8.46. The summed E-state index contributed by atoms with van der Waals surface area (Å²) in [5, 5.41) is 6.75. The molecular weight excluding hydrogens is 362 g/mol. The van der Waals surface area contributed by atoms with Gasteiger partial charge in [-0.3, -0.25) is 4.79 Å². The Morgan fingerprint density at radius 3 is 2.25 bits per heavy atom. The van der Waals surface area contributed by atoms with Crippen molar-refractivity contribution in [3.63, 3.8) is 0 Å². The van der Waals surface area contributed by atoms with Crippen LogP contribution in [0.5, 0.6) is 0 Å². The number of anilines is 1. The Morgan fingerprint density at radius 2 is 1.54 bits per heavy atom. The number of nitrogens with zero attached hydrogens (tertiary/aromatic N) is 3. The summed E-state index contributed by atoms with van der Waals surface area (Å²) >= 11 is 0. The van der Waals surface area contributed by atoms with Gasteiger partial charge in [0.2, 0.25) is 5.82 Å². The van der Waals surface area contributed by atoms with E-state index in [4.69, 9.17) is 0 Å². The van der Waals surface area contributed by atoms with E-state index in [0.717, 1.165) is 0 Å². The van der Waals surface area contributed by atoms with Crippen molar-refractivity contribution < 1.29 is 13.6 Å². The van der Waals surface area contributed by atoms with Gasteiger partial charge in [0.15, 0.2) is 5.82 Å². The first-order valence-electron chi connectivity index (χ1n) is 8.46. The van der Waals surface area contributed by atoms with Crippen molar-refractivity contribution in [3.8, 4) is 17.1 Å². The highest BCUT2D eigenvalue weighted by molar-refractivity contribution is 6.01. The van der Waals surface area contributed by atoms with Crippen molar-refractivity contribution in [1.29, 1.82) is 0 Å². The van der Waals surface area contributed by atoms with Crippen molar-refractivity contribution in [3.05, 3.63) is 96.3 Å². The third kappa shape index (κ3) is 3.50. The molecule has 0 bridgehead atoms. The molecule has 28 heavy (non-hydrogen) atoms. The van der Waals surface area contributed by atoms with Gasteiger partial charge in [-0.2, -0.15) is 0 Å². The molecule has 0 atom stereocenters. The number of para-hydroxylation sites is 2. The van der Waals surface area contributed by atoms with Gasteiger partial charge in [-0.15, -0.1) is 5.10 Å². The number of rotatable bonds is 4. The van der Waals surface area contributed by atoms with Crippen LogP contribution in [0.1, 0.15) is 10.6 Å². The molecule has 0 saturated carbocycles. The molecule has 0 fully saturated rings. The van der Waals surface area contributed by atoms with E-state index in [0.29, 0.717) is 17.1 Å². The van der Waals surface area contributed by atoms with E-state index in [-0.39, 0.29) is 17.3 Å². The standard InChI is InChI=1S/C21H14F2N4O/c22-15-12-10-14(11-13-15)20-25-19(26-27(20)16-6-2-1-3-7-16)21(28)24-18-9-5-4-8-17(18)23/h1-13H,(H,24,28). The third-order valence-corrected chi connectivity index (χ3v) is 4.04. The van der Waals surface area contributed by atoms with Crippen LogP contribution < -0.4 is 5.32 Å². The topological polar surface area (TPSA) is 59.8 Å². The largest absolute Gasteiger partial charge is 0.317 e. The summed E-state index contributed by atoms with van der Waals surface area (Å²) < 4.78 is 28.6. The van der Waals surface area contributed by atoms with Crippen molar-refractivity contribution in [2.24, 2.45) is 0 Å². The molecule has 0 aliphatic carbocycles. The number of amides is 1. The molecule has 1 N–H and O–H groups in total. The van der Waals surface area contributed by atoms with E-state index in [9.17, 15) is 13.6 Å². The molecule has 7 heteroatoms. The third-order valence-electron chi connectivity index (χ3n) is 4.04. The van der Waals surface area contributed by atoms with Crippen LogP contribution in [0.3, 0.4) is 0 Å². The highest BCUT2D eigenvalue weighted by Crippen LogP contribution is 2.22. The zero-order valence-electron chi connectivity index (χ0n) is 14.5. The predicted molar refractivity (Wildman–Crippen MR) is 101 cm³/mol. The Balaban J connectivity index is 1.76. The predicted octanol–water partition coefficient (Wildman–Crippen LogP) is 4.46. The van der Waals surface area contributed by atoms with Gasteiger partial charge in [-0.1, -0.05) is 30.3 Å². The normalized spacial score (nSPS) is 10.6. The molecule has 0 aliphatic rings. The number of nitrogens with one attached hydrogen (secondary N) is 1. The van der Waals surface area contributed by atoms with E-state index in [1.807, 2.05) is 18.2 Å². The Kier molecular flexibility index (Phi) is 4.63. The van der Waals surface area contributed by atoms with Crippen LogP contribution in [0.4, 0.5) is 14.5 Å². The molecule has 138 valence electrons. The molecule has 0 aliphatic heterocycles. The van der Waals surface area contributed by atoms with Crippen molar-refractivity contribution in [2.45, 2.75) is 0 Å². The van der Waals surface area contributed by atoms with E-state index < -0.39 is 11.7 Å². The van der Waals surface area contributed by atoms with Gasteiger partial charge in [-0.25, -0.2) is 18.4 Å². The van der Waals surface area contributed by atoms with E-state index in [1.54, 1.807) is 30.3 Å². The molecule has 1 amide bonds. The number of carbonyl (C=O) groups excluding carboxylic acids is 1. The average Bonchev–Trinajstić information content (AvgIpc) is 3.16. The fraction of sp³-hybridized carbons (Fsp3) is 0. The lowest BCUT2D eigenvalue weighted by Gasteiger charge is -2.05. The maximum Gasteiger partial charge on any atom is 0.295 e. The Labute approximate surface area is 159 Å². The van der Waals surface area contributed by atoms with Crippen molar-refractivity contribution in [1.82, 2.24) is 14.8 Å². The van der Waals surface area contributed by atoms with Crippen LogP contribution >= 0.6 is 0 Å². The Hall–Kier alpha value is -3.87. The van der Waals surface area contributed by atoms with E-state index in [1.165, 1.54) is 35.0 Å².